The SMILES string of the molecule is C=Cn1cc(CNc2ccccc2CN(C)C)cn1. The Bertz CT molecular complexity index is 543. The number of hydrogen-bond donors (Lipinski definition) is 1. The largest absolute Gasteiger partial charge is 0.381 e. The molecule has 0 amide bonds. The van der Waals surface area contributed by atoms with Crippen LogP contribution >= 0.6 is 0 Å². The molecule has 0 unspecified atom stereocenters. The lowest BCUT2D eigenvalue weighted by atomic mass is 10.1. The van der Waals surface area contributed by atoms with Gasteiger partial charge in [0.1, 0.15) is 0 Å². The topological polar surface area (TPSA) is 33.1 Å². The van der Waals surface area contributed by atoms with Crippen molar-refractivity contribution in [1.82, 2.24) is 14.7 Å². The molecule has 100 valence electrons. The first-order chi connectivity index (χ1) is 9.19. The van der Waals surface area contributed by atoms with Crippen LogP contribution in [0.1, 0.15) is 11.1 Å². The molecule has 0 saturated carbocycles. The summed E-state index contributed by atoms with van der Waals surface area (Å²) in [6, 6.07) is 8.38. The Morgan fingerprint density at radius 2 is 2.16 bits per heavy atom. The number of anilines is 1. The number of nitrogens with zero attached hydrogens (tertiary/aromatic N) is 3. The molecule has 1 aromatic carbocycles. The minimum Gasteiger partial charge on any atom is -0.381 e. The molecule has 0 aliphatic heterocycles. The lowest BCUT2D eigenvalue weighted by Crippen LogP contribution is -2.12. The van der Waals surface area contributed by atoms with Crippen molar-refractivity contribution in [3.8, 4) is 0 Å². The summed E-state index contributed by atoms with van der Waals surface area (Å²) < 4.78 is 1.71. The van der Waals surface area contributed by atoms with Gasteiger partial charge in [0, 0.05) is 36.7 Å². The van der Waals surface area contributed by atoms with Crippen LogP contribution in [0.2, 0.25) is 0 Å². The number of nitrogens with one attached hydrogen (secondary N) is 1. The molecule has 1 aromatic heterocycles. The van der Waals surface area contributed by atoms with E-state index in [1.54, 1.807) is 10.9 Å². The molecule has 0 bridgehead atoms. The smallest absolute Gasteiger partial charge is 0.0543 e. The monoisotopic (exact) mass is 256 g/mol. The first-order valence-electron chi connectivity index (χ1n) is 6.31. The fraction of sp³-hybridized carbons (Fsp3) is 0.267. The number of hydrogen-bond acceptors (Lipinski definition) is 3. The molecule has 4 heteroatoms. The van der Waals surface area contributed by atoms with E-state index in [2.05, 4.69) is 60.3 Å². The fourth-order valence-corrected chi connectivity index (χ4v) is 1.94. The number of rotatable bonds is 6. The molecular weight excluding hydrogens is 236 g/mol. The average Bonchev–Trinajstić information content (AvgIpc) is 2.85. The second-order valence-electron chi connectivity index (χ2n) is 4.76. The highest BCUT2D eigenvalue weighted by Gasteiger charge is 2.03. The zero-order valence-corrected chi connectivity index (χ0v) is 11.5. The van der Waals surface area contributed by atoms with E-state index in [0.29, 0.717) is 0 Å². The van der Waals surface area contributed by atoms with Crippen molar-refractivity contribution in [2.75, 3.05) is 19.4 Å². The normalized spacial score (nSPS) is 10.7. The molecule has 0 spiro atoms. The molecular formula is C15H20N4. The van der Waals surface area contributed by atoms with Crippen LogP contribution < -0.4 is 5.32 Å². The Morgan fingerprint density at radius 3 is 2.84 bits per heavy atom. The van der Waals surface area contributed by atoms with Gasteiger partial charge >= 0.3 is 0 Å². The van der Waals surface area contributed by atoms with E-state index in [-0.39, 0.29) is 0 Å². The Balaban J connectivity index is 2.04. The molecule has 2 aromatic rings. The minimum absolute atomic E-state index is 0.762. The van der Waals surface area contributed by atoms with E-state index in [4.69, 9.17) is 0 Å². The third kappa shape index (κ3) is 3.69. The summed E-state index contributed by atoms with van der Waals surface area (Å²) in [5.74, 6) is 0. The first kappa shape index (κ1) is 13.4. The van der Waals surface area contributed by atoms with E-state index in [1.165, 1.54) is 11.3 Å². The van der Waals surface area contributed by atoms with Gasteiger partial charge < -0.3 is 10.2 Å². The molecule has 0 saturated heterocycles. The van der Waals surface area contributed by atoms with Crippen LogP contribution in [0.25, 0.3) is 6.20 Å². The van der Waals surface area contributed by atoms with Crippen molar-refractivity contribution in [2.24, 2.45) is 0 Å². The first-order valence-corrected chi connectivity index (χ1v) is 6.31. The molecule has 0 aliphatic carbocycles. The Labute approximate surface area is 114 Å². The van der Waals surface area contributed by atoms with Gasteiger partial charge in [-0.2, -0.15) is 5.10 Å². The van der Waals surface area contributed by atoms with E-state index < -0.39 is 0 Å². The maximum atomic E-state index is 4.17. The summed E-state index contributed by atoms with van der Waals surface area (Å²) >= 11 is 0. The van der Waals surface area contributed by atoms with Crippen LogP contribution in [0, 0.1) is 0 Å². The third-order valence-electron chi connectivity index (χ3n) is 2.83. The van der Waals surface area contributed by atoms with Gasteiger partial charge in [0.25, 0.3) is 0 Å². The van der Waals surface area contributed by atoms with Crippen molar-refractivity contribution in [1.29, 1.82) is 0 Å². The fourth-order valence-electron chi connectivity index (χ4n) is 1.94. The molecule has 0 radical (unpaired) electrons. The zero-order valence-electron chi connectivity index (χ0n) is 11.5. The predicted octanol–water partition coefficient (Wildman–Crippen LogP) is 2.66. The summed E-state index contributed by atoms with van der Waals surface area (Å²) in [5.41, 5.74) is 3.60. The average molecular weight is 256 g/mol. The van der Waals surface area contributed by atoms with E-state index in [0.717, 1.165) is 18.7 Å². The van der Waals surface area contributed by atoms with Gasteiger partial charge in [0.2, 0.25) is 0 Å². The van der Waals surface area contributed by atoms with E-state index in [9.17, 15) is 0 Å². The summed E-state index contributed by atoms with van der Waals surface area (Å²) in [7, 11) is 4.15. The summed E-state index contributed by atoms with van der Waals surface area (Å²) in [6.07, 6.45) is 5.50. The molecule has 0 atom stereocenters. The van der Waals surface area contributed by atoms with Crippen LogP contribution in [0.15, 0.2) is 43.2 Å². The highest BCUT2D eigenvalue weighted by Crippen LogP contribution is 2.17. The Kier molecular flexibility index (Phi) is 4.36. The van der Waals surface area contributed by atoms with Crippen LogP contribution in [-0.2, 0) is 13.1 Å². The standard InChI is InChI=1S/C15H20N4/c1-4-19-11-13(10-17-19)9-16-15-8-6-5-7-14(15)12-18(2)3/h4-8,10-11,16H,1,9,12H2,2-3H3. The van der Waals surface area contributed by atoms with Gasteiger partial charge in [-0.05, 0) is 25.7 Å². The van der Waals surface area contributed by atoms with Gasteiger partial charge in [-0.3, -0.25) is 0 Å². The van der Waals surface area contributed by atoms with Gasteiger partial charge in [0.15, 0.2) is 0 Å². The second-order valence-corrected chi connectivity index (χ2v) is 4.76. The highest BCUT2D eigenvalue weighted by atomic mass is 15.2. The molecule has 1 heterocycles. The molecule has 1 N–H and O–H groups in total. The Morgan fingerprint density at radius 1 is 1.37 bits per heavy atom. The van der Waals surface area contributed by atoms with Crippen molar-refractivity contribution in [3.63, 3.8) is 0 Å². The van der Waals surface area contributed by atoms with Crippen molar-refractivity contribution in [2.45, 2.75) is 13.1 Å². The van der Waals surface area contributed by atoms with Gasteiger partial charge in [0.05, 0.1) is 6.20 Å². The zero-order chi connectivity index (χ0) is 13.7. The summed E-state index contributed by atoms with van der Waals surface area (Å²) in [4.78, 5) is 2.16. The summed E-state index contributed by atoms with van der Waals surface area (Å²) in [6.45, 7) is 5.37. The second kappa shape index (κ2) is 6.20. The van der Waals surface area contributed by atoms with E-state index >= 15 is 0 Å². The highest BCUT2D eigenvalue weighted by molar-refractivity contribution is 5.51. The predicted molar refractivity (Wildman–Crippen MR) is 79.8 cm³/mol. The maximum Gasteiger partial charge on any atom is 0.0543 e. The molecule has 0 aliphatic rings. The van der Waals surface area contributed by atoms with Crippen molar-refractivity contribution in [3.05, 3.63) is 54.4 Å². The lowest BCUT2D eigenvalue weighted by molar-refractivity contribution is 0.403. The minimum atomic E-state index is 0.762. The molecule has 19 heavy (non-hydrogen) atoms. The van der Waals surface area contributed by atoms with Crippen LogP contribution in [0.3, 0.4) is 0 Å². The molecule has 4 nitrogen and oxygen atoms in total. The van der Waals surface area contributed by atoms with Gasteiger partial charge in [-0.15, -0.1) is 0 Å². The van der Waals surface area contributed by atoms with Crippen LogP contribution in [0.4, 0.5) is 5.69 Å². The van der Waals surface area contributed by atoms with Crippen LogP contribution in [0.5, 0.6) is 0 Å². The van der Waals surface area contributed by atoms with Crippen LogP contribution in [-0.4, -0.2) is 28.8 Å². The molecule has 2 rings (SSSR count). The number of benzene rings is 1. The van der Waals surface area contributed by atoms with Crippen molar-refractivity contribution < 1.29 is 0 Å². The third-order valence-corrected chi connectivity index (χ3v) is 2.83. The quantitative estimate of drug-likeness (QED) is 0.862. The summed E-state index contributed by atoms with van der Waals surface area (Å²) in [5, 5.41) is 7.63. The maximum absolute atomic E-state index is 4.17. The number of aromatic nitrogens is 2. The van der Waals surface area contributed by atoms with Gasteiger partial charge in [-0.25, -0.2) is 4.68 Å². The lowest BCUT2D eigenvalue weighted by Gasteiger charge is -2.15. The van der Waals surface area contributed by atoms with E-state index in [1.807, 2.05) is 12.4 Å². The Hall–Kier alpha value is -2.07. The molecule has 0 fully saturated rings. The van der Waals surface area contributed by atoms with Crippen molar-refractivity contribution >= 4 is 11.9 Å². The van der Waals surface area contributed by atoms with Gasteiger partial charge in [-0.1, -0.05) is 24.8 Å². The number of para-hydroxylation sites is 1.